The zero-order valence-corrected chi connectivity index (χ0v) is 19.0. The van der Waals surface area contributed by atoms with E-state index < -0.39 is 19.9 Å². The Bertz CT molecular complexity index is 891. The van der Waals surface area contributed by atoms with Crippen molar-refractivity contribution in [2.45, 2.75) is 50.1 Å². The molecule has 164 valence electrons. The lowest BCUT2D eigenvalue weighted by atomic mass is 10.2. The van der Waals surface area contributed by atoms with Crippen molar-refractivity contribution in [3.63, 3.8) is 0 Å². The third-order valence-electron chi connectivity index (χ3n) is 4.86. The van der Waals surface area contributed by atoms with E-state index in [1.54, 1.807) is 35.6 Å². The summed E-state index contributed by atoms with van der Waals surface area (Å²) in [5.74, 6) is 0.682. The molecule has 0 radical (unpaired) electrons. The Balaban J connectivity index is 1.90. The Morgan fingerprint density at radius 2 is 1.72 bits per heavy atom. The van der Waals surface area contributed by atoms with E-state index in [9.17, 15) is 16.8 Å². The van der Waals surface area contributed by atoms with E-state index in [4.69, 9.17) is 0 Å². The maximum atomic E-state index is 12.7. The second kappa shape index (κ2) is 10.4. The summed E-state index contributed by atoms with van der Waals surface area (Å²) in [7, 11) is -4.77. The first-order chi connectivity index (χ1) is 13.6. The second-order valence-electron chi connectivity index (χ2n) is 7.50. The van der Waals surface area contributed by atoms with Crippen LogP contribution in [0.1, 0.15) is 38.2 Å². The van der Waals surface area contributed by atoms with Crippen LogP contribution in [0.5, 0.6) is 0 Å². The highest BCUT2D eigenvalue weighted by Gasteiger charge is 2.25. The molecule has 1 aliphatic rings. The van der Waals surface area contributed by atoms with Gasteiger partial charge in [0.1, 0.15) is 9.84 Å². The van der Waals surface area contributed by atoms with Crippen LogP contribution >= 0.6 is 0 Å². The third kappa shape index (κ3) is 7.60. The normalized spacial score (nSPS) is 17.7. The zero-order valence-electron chi connectivity index (χ0n) is 17.4. The van der Waals surface area contributed by atoms with Crippen LogP contribution in [0, 0.1) is 0 Å². The van der Waals surface area contributed by atoms with Crippen LogP contribution in [0.25, 0.3) is 0 Å². The van der Waals surface area contributed by atoms with E-state index in [0.29, 0.717) is 36.9 Å². The lowest BCUT2D eigenvalue weighted by Crippen LogP contribution is -2.42. The Morgan fingerprint density at radius 3 is 2.28 bits per heavy atom. The molecule has 0 aliphatic carbocycles. The van der Waals surface area contributed by atoms with E-state index in [2.05, 4.69) is 15.6 Å². The number of piperidine rings is 1. The molecule has 10 heteroatoms. The summed E-state index contributed by atoms with van der Waals surface area (Å²) in [6.45, 7) is 3.55. The van der Waals surface area contributed by atoms with E-state index in [1.807, 2.05) is 6.92 Å². The first kappa shape index (κ1) is 23.6. The molecule has 0 amide bonds. The summed E-state index contributed by atoms with van der Waals surface area (Å²) < 4.78 is 49.5. The third-order valence-corrected chi connectivity index (χ3v) is 7.75. The van der Waals surface area contributed by atoms with Gasteiger partial charge in [0.25, 0.3) is 0 Å². The molecule has 1 heterocycles. The summed E-state index contributed by atoms with van der Waals surface area (Å²) in [6, 6.07) is 6.83. The minimum atomic E-state index is -3.42. The topological polar surface area (TPSA) is 108 Å². The van der Waals surface area contributed by atoms with Crippen LogP contribution in [-0.4, -0.2) is 65.3 Å². The number of benzene rings is 1. The summed E-state index contributed by atoms with van der Waals surface area (Å²) in [6.07, 6.45) is 4.62. The van der Waals surface area contributed by atoms with Crippen molar-refractivity contribution in [3.8, 4) is 0 Å². The summed E-state index contributed by atoms with van der Waals surface area (Å²) in [5, 5.41) is 6.32. The van der Waals surface area contributed by atoms with Gasteiger partial charge in [0.05, 0.1) is 10.6 Å². The van der Waals surface area contributed by atoms with Gasteiger partial charge >= 0.3 is 0 Å². The largest absolute Gasteiger partial charge is 0.354 e. The van der Waals surface area contributed by atoms with Crippen molar-refractivity contribution >= 4 is 25.8 Å². The molecule has 1 atom stereocenters. The fourth-order valence-electron chi connectivity index (χ4n) is 3.11. The monoisotopic (exact) mass is 444 g/mol. The number of nitrogens with one attached hydrogen (secondary N) is 2. The lowest BCUT2D eigenvalue weighted by molar-refractivity contribution is 0.346. The lowest BCUT2D eigenvalue weighted by Gasteiger charge is -2.25. The van der Waals surface area contributed by atoms with Gasteiger partial charge in [-0.2, -0.15) is 4.31 Å². The maximum absolute atomic E-state index is 12.7. The fraction of sp³-hybridized carbons (Fsp3) is 0.632. The number of nitrogens with zero attached hydrogens (tertiary/aromatic N) is 2. The van der Waals surface area contributed by atoms with Crippen LogP contribution in [0.3, 0.4) is 0 Å². The Labute approximate surface area is 174 Å². The molecule has 1 aromatic rings. The Kier molecular flexibility index (Phi) is 8.47. The first-order valence-corrected chi connectivity index (χ1v) is 13.4. The fourth-order valence-corrected chi connectivity index (χ4v) is 5.41. The highest BCUT2D eigenvalue weighted by molar-refractivity contribution is 7.90. The first-order valence-electron chi connectivity index (χ1n) is 9.86. The van der Waals surface area contributed by atoms with Gasteiger partial charge in [-0.25, -0.2) is 16.8 Å². The Morgan fingerprint density at radius 1 is 1.10 bits per heavy atom. The number of rotatable bonds is 8. The van der Waals surface area contributed by atoms with Crippen molar-refractivity contribution in [3.05, 3.63) is 29.8 Å². The van der Waals surface area contributed by atoms with Crippen molar-refractivity contribution in [2.24, 2.45) is 4.99 Å². The van der Waals surface area contributed by atoms with Gasteiger partial charge in [-0.3, -0.25) is 4.99 Å². The SMILES string of the molecule is CN=C(NCc1ccc(S(=O)(=O)N2CCCCC2)cc1)NC(C)CCS(C)(=O)=O. The molecule has 0 saturated carbocycles. The molecule has 2 N–H and O–H groups in total. The molecule has 29 heavy (non-hydrogen) atoms. The van der Waals surface area contributed by atoms with Gasteiger partial charge in [-0.1, -0.05) is 18.6 Å². The number of sulfonamides is 1. The molecule has 0 bridgehead atoms. The second-order valence-corrected chi connectivity index (χ2v) is 11.7. The van der Waals surface area contributed by atoms with Crippen molar-refractivity contribution in [1.29, 1.82) is 0 Å². The molecule has 2 rings (SSSR count). The molecule has 1 fully saturated rings. The van der Waals surface area contributed by atoms with Crippen LogP contribution in [0.4, 0.5) is 0 Å². The predicted octanol–water partition coefficient (Wildman–Crippen LogP) is 1.35. The molecule has 8 nitrogen and oxygen atoms in total. The van der Waals surface area contributed by atoms with Crippen LogP contribution in [0.15, 0.2) is 34.2 Å². The van der Waals surface area contributed by atoms with E-state index >= 15 is 0 Å². The molecular formula is C19H32N4O4S2. The van der Waals surface area contributed by atoms with Gasteiger partial charge in [0, 0.05) is 39.0 Å². The molecule has 0 aromatic heterocycles. The van der Waals surface area contributed by atoms with Crippen molar-refractivity contribution in [2.75, 3.05) is 32.1 Å². The molecule has 1 aromatic carbocycles. The van der Waals surface area contributed by atoms with E-state index in [1.165, 1.54) is 6.26 Å². The molecule has 1 unspecified atom stereocenters. The summed E-state index contributed by atoms with van der Waals surface area (Å²) >= 11 is 0. The minimum Gasteiger partial charge on any atom is -0.354 e. The maximum Gasteiger partial charge on any atom is 0.243 e. The van der Waals surface area contributed by atoms with Crippen LogP contribution in [-0.2, 0) is 26.4 Å². The molecule has 1 saturated heterocycles. The number of hydrogen-bond donors (Lipinski definition) is 2. The number of aliphatic imine (C=N–C) groups is 1. The zero-order chi connectivity index (χ0) is 21.5. The molecule has 0 spiro atoms. The summed E-state index contributed by atoms with van der Waals surface area (Å²) in [5.41, 5.74) is 0.925. The van der Waals surface area contributed by atoms with E-state index in [-0.39, 0.29) is 11.8 Å². The van der Waals surface area contributed by atoms with Gasteiger partial charge < -0.3 is 10.6 Å². The van der Waals surface area contributed by atoms with Gasteiger partial charge in [-0.15, -0.1) is 0 Å². The number of sulfone groups is 1. The molecule has 1 aliphatic heterocycles. The van der Waals surface area contributed by atoms with Gasteiger partial charge in [-0.05, 0) is 43.9 Å². The summed E-state index contributed by atoms with van der Waals surface area (Å²) in [4.78, 5) is 4.47. The van der Waals surface area contributed by atoms with Gasteiger partial charge in [0.2, 0.25) is 10.0 Å². The average Bonchev–Trinajstić information content (AvgIpc) is 2.70. The smallest absolute Gasteiger partial charge is 0.243 e. The molecular weight excluding hydrogens is 412 g/mol. The van der Waals surface area contributed by atoms with Crippen molar-refractivity contribution in [1.82, 2.24) is 14.9 Å². The minimum absolute atomic E-state index is 0.0482. The quantitative estimate of drug-likeness (QED) is 0.463. The predicted molar refractivity (Wildman–Crippen MR) is 116 cm³/mol. The van der Waals surface area contributed by atoms with E-state index in [0.717, 1.165) is 24.8 Å². The highest BCUT2D eigenvalue weighted by Crippen LogP contribution is 2.20. The Hall–Kier alpha value is -1.65. The standard InChI is InChI=1S/C19H32N4O4S2/c1-16(11-14-28(3,24)25)22-19(20-2)21-15-17-7-9-18(10-8-17)29(26,27)23-12-5-4-6-13-23/h7-10,16H,4-6,11-15H2,1-3H3,(H2,20,21,22). The van der Waals surface area contributed by atoms with Gasteiger partial charge in [0.15, 0.2) is 5.96 Å². The average molecular weight is 445 g/mol. The number of hydrogen-bond acceptors (Lipinski definition) is 5. The number of guanidine groups is 1. The van der Waals surface area contributed by atoms with Crippen molar-refractivity contribution < 1.29 is 16.8 Å². The highest BCUT2D eigenvalue weighted by atomic mass is 32.2. The van der Waals surface area contributed by atoms with Crippen LogP contribution < -0.4 is 10.6 Å². The van der Waals surface area contributed by atoms with Crippen LogP contribution in [0.2, 0.25) is 0 Å².